The SMILES string of the molecule is Cl.NCC1CCCCC1NS(=O)(=O)c1ccc(Cl)cc1. The molecule has 0 saturated heterocycles. The minimum Gasteiger partial charge on any atom is -0.330 e. The predicted octanol–water partition coefficient (Wildman–Crippen LogP) is 2.56. The van der Waals surface area contributed by atoms with Gasteiger partial charge in [0.2, 0.25) is 10.0 Å². The third-order valence-electron chi connectivity index (χ3n) is 3.64. The zero-order valence-electron chi connectivity index (χ0n) is 11.1. The van der Waals surface area contributed by atoms with Gasteiger partial charge in [0.05, 0.1) is 4.90 Å². The Labute approximate surface area is 131 Å². The van der Waals surface area contributed by atoms with E-state index in [9.17, 15) is 8.42 Å². The van der Waals surface area contributed by atoms with Gasteiger partial charge in [0.25, 0.3) is 0 Å². The first kappa shape index (κ1) is 17.7. The van der Waals surface area contributed by atoms with Crippen molar-refractivity contribution in [1.29, 1.82) is 0 Å². The van der Waals surface area contributed by atoms with E-state index in [1.807, 2.05) is 0 Å². The van der Waals surface area contributed by atoms with Gasteiger partial charge in [-0.1, -0.05) is 24.4 Å². The molecule has 2 rings (SSSR count). The lowest BCUT2D eigenvalue weighted by Gasteiger charge is -2.31. The van der Waals surface area contributed by atoms with Crippen LogP contribution in [0, 0.1) is 5.92 Å². The Bertz CT molecular complexity index is 520. The van der Waals surface area contributed by atoms with Crippen molar-refractivity contribution in [3.8, 4) is 0 Å². The van der Waals surface area contributed by atoms with E-state index in [0.29, 0.717) is 11.6 Å². The summed E-state index contributed by atoms with van der Waals surface area (Å²) in [6, 6.07) is 6.14. The topological polar surface area (TPSA) is 72.2 Å². The molecule has 0 aromatic heterocycles. The summed E-state index contributed by atoms with van der Waals surface area (Å²) in [7, 11) is -3.48. The van der Waals surface area contributed by atoms with Crippen molar-refractivity contribution in [1.82, 2.24) is 4.72 Å². The van der Waals surface area contributed by atoms with Crippen LogP contribution in [0.2, 0.25) is 5.02 Å². The summed E-state index contributed by atoms with van der Waals surface area (Å²) in [5.41, 5.74) is 5.72. The number of benzene rings is 1. The average Bonchev–Trinajstić information content (AvgIpc) is 2.39. The lowest BCUT2D eigenvalue weighted by Crippen LogP contribution is -2.44. The first-order valence-electron chi connectivity index (χ1n) is 6.51. The molecule has 7 heteroatoms. The molecule has 1 fully saturated rings. The molecule has 2 atom stereocenters. The van der Waals surface area contributed by atoms with E-state index < -0.39 is 10.0 Å². The average molecular weight is 339 g/mol. The van der Waals surface area contributed by atoms with Gasteiger partial charge in [0.1, 0.15) is 0 Å². The van der Waals surface area contributed by atoms with E-state index in [2.05, 4.69) is 4.72 Å². The van der Waals surface area contributed by atoms with Crippen molar-refractivity contribution >= 4 is 34.0 Å². The number of sulfonamides is 1. The highest BCUT2D eigenvalue weighted by Gasteiger charge is 2.28. The largest absolute Gasteiger partial charge is 0.330 e. The normalized spacial score (nSPS) is 23.1. The van der Waals surface area contributed by atoms with Crippen molar-refractivity contribution in [2.45, 2.75) is 36.6 Å². The third-order valence-corrected chi connectivity index (χ3v) is 5.40. The summed E-state index contributed by atoms with van der Waals surface area (Å²) in [6.07, 6.45) is 4.02. The highest BCUT2D eigenvalue weighted by molar-refractivity contribution is 7.89. The number of nitrogens with one attached hydrogen (secondary N) is 1. The summed E-state index contributed by atoms with van der Waals surface area (Å²) in [5.74, 6) is 0.232. The Morgan fingerprint density at radius 3 is 2.40 bits per heavy atom. The van der Waals surface area contributed by atoms with Crippen molar-refractivity contribution in [2.24, 2.45) is 11.7 Å². The molecule has 4 nitrogen and oxygen atoms in total. The Morgan fingerprint density at radius 2 is 1.80 bits per heavy atom. The van der Waals surface area contributed by atoms with Gasteiger partial charge in [-0.2, -0.15) is 0 Å². The smallest absolute Gasteiger partial charge is 0.240 e. The number of hydrogen-bond acceptors (Lipinski definition) is 3. The van der Waals surface area contributed by atoms with Crippen LogP contribution in [-0.4, -0.2) is 21.0 Å². The summed E-state index contributed by atoms with van der Waals surface area (Å²) in [5, 5.41) is 0.524. The molecule has 0 bridgehead atoms. The van der Waals surface area contributed by atoms with Crippen molar-refractivity contribution in [2.75, 3.05) is 6.54 Å². The molecule has 1 saturated carbocycles. The van der Waals surface area contributed by atoms with E-state index in [1.54, 1.807) is 12.1 Å². The van der Waals surface area contributed by atoms with Gasteiger partial charge in [0, 0.05) is 11.1 Å². The second-order valence-electron chi connectivity index (χ2n) is 4.96. The summed E-state index contributed by atoms with van der Waals surface area (Å²) in [4.78, 5) is 0.248. The van der Waals surface area contributed by atoms with Crippen LogP contribution in [0.25, 0.3) is 0 Å². The molecule has 0 aliphatic heterocycles. The lowest BCUT2D eigenvalue weighted by molar-refractivity contribution is 0.296. The first-order chi connectivity index (χ1) is 9.03. The molecule has 0 spiro atoms. The fraction of sp³-hybridized carbons (Fsp3) is 0.538. The minimum atomic E-state index is -3.48. The molecule has 0 amide bonds. The molecule has 0 heterocycles. The molecule has 0 radical (unpaired) electrons. The Hall–Kier alpha value is -0.330. The summed E-state index contributed by atoms with van der Waals surface area (Å²) in [6.45, 7) is 0.522. The molecule has 114 valence electrons. The molecule has 3 N–H and O–H groups in total. The van der Waals surface area contributed by atoms with Crippen molar-refractivity contribution < 1.29 is 8.42 Å². The molecular formula is C13H20Cl2N2O2S. The Balaban J connectivity index is 0.00000200. The van der Waals surface area contributed by atoms with Crippen molar-refractivity contribution in [3.05, 3.63) is 29.3 Å². The van der Waals surface area contributed by atoms with Gasteiger partial charge in [-0.05, 0) is 49.6 Å². The van der Waals surface area contributed by atoms with E-state index in [0.717, 1.165) is 25.7 Å². The van der Waals surface area contributed by atoms with Gasteiger partial charge < -0.3 is 5.73 Å². The number of nitrogens with two attached hydrogens (primary N) is 1. The van der Waals surface area contributed by atoms with Gasteiger partial charge in [-0.25, -0.2) is 13.1 Å². The van der Waals surface area contributed by atoms with Crippen LogP contribution in [0.4, 0.5) is 0 Å². The van der Waals surface area contributed by atoms with Crippen LogP contribution in [0.5, 0.6) is 0 Å². The molecule has 1 aliphatic carbocycles. The maximum absolute atomic E-state index is 12.3. The molecule has 1 aromatic rings. The third kappa shape index (κ3) is 4.33. The quantitative estimate of drug-likeness (QED) is 0.886. The number of hydrogen-bond donors (Lipinski definition) is 2. The zero-order valence-corrected chi connectivity index (χ0v) is 13.5. The van der Waals surface area contributed by atoms with Crippen LogP contribution in [0.1, 0.15) is 25.7 Å². The number of halogens is 2. The highest BCUT2D eigenvalue weighted by Crippen LogP contribution is 2.25. The minimum absolute atomic E-state index is 0. The van der Waals surface area contributed by atoms with Crippen LogP contribution >= 0.6 is 24.0 Å². The molecule has 20 heavy (non-hydrogen) atoms. The molecular weight excluding hydrogens is 319 g/mol. The van der Waals surface area contributed by atoms with E-state index >= 15 is 0 Å². The fourth-order valence-corrected chi connectivity index (χ4v) is 3.99. The Kier molecular flexibility index (Phi) is 6.75. The standard InChI is InChI=1S/C13H19ClN2O2S.ClH/c14-11-5-7-12(8-6-11)19(17,18)16-13-4-2-1-3-10(13)9-15;/h5-8,10,13,16H,1-4,9,15H2;1H. The van der Waals surface area contributed by atoms with Gasteiger partial charge in [-0.15, -0.1) is 12.4 Å². The van der Waals surface area contributed by atoms with Crippen LogP contribution in [0.3, 0.4) is 0 Å². The monoisotopic (exact) mass is 338 g/mol. The second-order valence-corrected chi connectivity index (χ2v) is 7.11. The second kappa shape index (κ2) is 7.61. The summed E-state index contributed by atoms with van der Waals surface area (Å²) >= 11 is 5.77. The maximum Gasteiger partial charge on any atom is 0.240 e. The highest BCUT2D eigenvalue weighted by atomic mass is 35.5. The summed E-state index contributed by atoms with van der Waals surface area (Å²) < 4.78 is 27.3. The van der Waals surface area contributed by atoms with Crippen LogP contribution in [-0.2, 0) is 10.0 Å². The van der Waals surface area contributed by atoms with Gasteiger partial charge in [0.15, 0.2) is 0 Å². The molecule has 2 unspecified atom stereocenters. The van der Waals surface area contributed by atoms with E-state index in [-0.39, 0.29) is 29.3 Å². The lowest BCUT2D eigenvalue weighted by atomic mass is 9.85. The Morgan fingerprint density at radius 1 is 1.20 bits per heavy atom. The maximum atomic E-state index is 12.3. The van der Waals surface area contributed by atoms with E-state index in [1.165, 1.54) is 12.1 Å². The van der Waals surface area contributed by atoms with Gasteiger partial charge in [-0.3, -0.25) is 0 Å². The van der Waals surface area contributed by atoms with Gasteiger partial charge >= 0.3 is 0 Å². The van der Waals surface area contributed by atoms with E-state index in [4.69, 9.17) is 17.3 Å². The van der Waals surface area contributed by atoms with Crippen molar-refractivity contribution in [3.63, 3.8) is 0 Å². The predicted molar refractivity (Wildman–Crippen MR) is 83.8 cm³/mol. The first-order valence-corrected chi connectivity index (χ1v) is 8.37. The molecule has 1 aromatic carbocycles. The molecule has 1 aliphatic rings. The van der Waals surface area contributed by atoms with Crippen LogP contribution in [0.15, 0.2) is 29.2 Å². The number of rotatable bonds is 4. The van der Waals surface area contributed by atoms with Crippen LogP contribution < -0.4 is 10.5 Å². The fourth-order valence-electron chi connectivity index (χ4n) is 2.53. The zero-order chi connectivity index (χ0) is 13.9.